The van der Waals surface area contributed by atoms with E-state index in [1.807, 2.05) is 13.8 Å². The van der Waals surface area contributed by atoms with Crippen molar-refractivity contribution in [3.63, 3.8) is 0 Å². The van der Waals surface area contributed by atoms with Crippen LogP contribution in [0, 0.1) is 29.6 Å². The quantitative estimate of drug-likeness (QED) is 0.143. The van der Waals surface area contributed by atoms with Crippen LogP contribution in [-0.4, -0.2) is 60.0 Å². The molecule has 2 aliphatic carbocycles. The number of fused-ring (bicyclic) bond motifs is 1. The monoisotopic (exact) mass is 468 g/mol. The van der Waals surface area contributed by atoms with Gasteiger partial charge in [-0.1, -0.05) is 34.3 Å². The molecule has 0 aromatic heterocycles. The summed E-state index contributed by atoms with van der Waals surface area (Å²) in [4.78, 5) is 0. The van der Waals surface area contributed by atoms with Gasteiger partial charge in [0.1, 0.15) is 0 Å². The Morgan fingerprint density at radius 3 is 1.70 bits per heavy atom. The summed E-state index contributed by atoms with van der Waals surface area (Å²) in [5.41, 5.74) is 0. The molecule has 0 aromatic carbocycles. The molecule has 0 spiro atoms. The van der Waals surface area contributed by atoms with Crippen LogP contribution in [0.5, 0.6) is 0 Å². The van der Waals surface area contributed by atoms with Crippen LogP contribution in [0.1, 0.15) is 79.1 Å². The zero-order valence-corrected chi connectivity index (χ0v) is 22.3. The molecule has 0 aromatic rings. The van der Waals surface area contributed by atoms with E-state index in [1.165, 1.54) is 32.1 Å². The highest BCUT2D eigenvalue weighted by Gasteiger charge is 2.35. The predicted octanol–water partition coefficient (Wildman–Crippen LogP) is 6.27. The van der Waals surface area contributed by atoms with Gasteiger partial charge < -0.3 is 23.7 Å². The van der Waals surface area contributed by atoms with Gasteiger partial charge in [-0.15, -0.1) is 11.8 Å². The molecule has 5 nitrogen and oxygen atoms in total. The van der Waals surface area contributed by atoms with Gasteiger partial charge >= 0.3 is 0 Å². The standard InChI is InChI=1S/C17H34O5.C9H12.C2H6/c1-16(2)7-9-20-11-13-22-15-14-21-12-10-19-8-5-6-17(3)18-4;1-2-4-6-9-7-8(9)5-3-1;1-2/h16H,3,5-15H2,1-2,4H3;8-9H,3-7H2;1-2H3/t;8-,9+;. The lowest BCUT2D eigenvalue weighted by Gasteiger charge is -2.08. The fraction of sp³-hybridized carbons (Fsp3) is 0.857. The summed E-state index contributed by atoms with van der Waals surface area (Å²) >= 11 is 0. The Kier molecular flexibility index (Phi) is 23.3. The van der Waals surface area contributed by atoms with E-state index in [2.05, 4.69) is 32.3 Å². The molecule has 194 valence electrons. The smallest absolute Gasteiger partial charge is 0.0884 e. The van der Waals surface area contributed by atoms with Crippen molar-refractivity contribution in [3.8, 4) is 11.8 Å². The second-order valence-electron chi connectivity index (χ2n) is 8.67. The van der Waals surface area contributed by atoms with Crippen molar-refractivity contribution in [3.05, 3.63) is 12.3 Å². The molecule has 1 saturated carbocycles. The largest absolute Gasteiger partial charge is 0.502 e. The van der Waals surface area contributed by atoms with Gasteiger partial charge in [0.15, 0.2) is 0 Å². The topological polar surface area (TPSA) is 46.2 Å². The van der Waals surface area contributed by atoms with Gasteiger partial charge in [0, 0.05) is 32.5 Å². The van der Waals surface area contributed by atoms with Gasteiger partial charge in [0.2, 0.25) is 0 Å². The van der Waals surface area contributed by atoms with Crippen LogP contribution in [0.25, 0.3) is 0 Å². The Bertz CT molecular complexity index is 478. The molecule has 2 rings (SSSR count). The first-order chi connectivity index (χ1) is 16.1. The molecule has 33 heavy (non-hydrogen) atoms. The van der Waals surface area contributed by atoms with Crippen LogP contribution in [0.3, 0.4) is 0 Å². The van der Waals surface area contributed by atoms with Crippen LogP contribution in [0.4, 0.5) is 0 Å². The first-order valence-corrected chi connectivity index (χ1v) is 13.1. The summed E-state index contributed by atoms with van der Waals surface area (Å²) in [6.07, 6.45) is 9.47. The van der Waals surface area contributed by atoms with Crippen molar-refractivity contribution in [2.24, 2.45) is 17.8 Å². The molecule has 0 aliphatic heterocycles. The number of methoxy groups -OCH3 is 1. The van der Waals surface area contributed by atoms with E-state index in [4.69, 9.17) is 23.7 Å². The normalized spacial score (nSPS) is 18.2. The average Bonchev–Trinajstić information content (AvgIpc) is 3.54. The van der Waals surface area contributed by atoms with E-state index >= 15 is 0 Å². The molecule has 0 bridgehead atoms. The van der Waals surface area contributed by atoms with Gasteiger partial charge in [0.05, 0.1) is 52.5 Å². The third kappa shape index (κ3) is 22.5. The number of ether oxygens (including phenoxy) is 5. The van der Waals surface area contributed by atoms with E-state index in [9.17, 15) is 0 Å². The van der Waals surface area contributed by atoms with E-state index in [0.29, 0.717) is 52.2 Å². The first-order valence-electron chi connectivity index (χ1n) is 13.1. The molecular formula is C28H52O5. The van der Waals surface area contributed by atoms with Gasteiger partial charge in [-0.2, -0.15) is 0 Å². The van der Waals surface area contributed by atoms with Crippen molar-refractivity contribution in [1.29, 1.82) is 0 Å². The average molecular weight is 469 g/mol. The Morgan fingerprint density at radius 1 is 0.788 bits per heavy atom. The predicted molar refractivity (Wildman–Crippen MR) is 137 cm³/mol. The summed E-state index contributed by atoms with van der Waals surface area (Å²) in [6, 6.07) is 0. The maximum atomic E-state index is 5.45. The SMILES string of the molecule is C1#CCC[C@H]2C[C@H]2CC1.C=C(CCCOCCOCCOCCOCCC(C)C)OC.CC. The van der Waals surface area contributed by atoms with E-state index in [1.54, 1.807) is 7.11 Å². The van der Waals surface area contributed by atoms with Crippen LogP contribution in [-0.2, 0) is 23.7 Å². The highest BCUT2D eigenvalue weighted by atomic mass is 16.6. The van der Waals surface area contributed by atoms with Crippen LogP contribution in [0.15, 0.2) is 12.3 Å². The van der Waals surface area contributed by atoms with Gasteiger partial charge in [0.25, 0.3) is 0 Å². The number of hydrogen-bond donors (Lipinski definition) is 0. The number of allylic oxidation sites excluding steroid dienone is 1. The van der Waals surface area contributed by atoms with Crippen LogP contribution in [0.2, 0.25) is 0 Å². The molecule has 2 aliphatic rings. The van der Waals surface area contributed by atoms with Gasteiger partial charge in [-0.05, 0) is 49.9 Å². The van der Waals surface area contributed by atoms with Crippen molar-refractivity contribution >= 4 is 0 Å². The first kappa shape index (κ1) is 31.9. The Hall–Kier alpha value is -1.06. The third-order valence-electron chi connectivity index (χ3n) is 5.46. The lowest BCUT2D eigenvalue weighted by molar-refractivity contribution is -0.00305. The summed E-state index contributed by atoms with van der Waals surface area (Å²) in [6.45, 7) is 17.3. The van der Waals surface area contributed by atoms with Crippen LogP contribution < -0.4 is 0 Å². The third-order valence-corrected chi connectivity index (χ3v) is 5.46. The molecular weight excluding hydrogens is 416 g/mol. The Labute approximate surface area is 204 Å². The van der Waals surface area contributed by atoms with Gasteiger partial charge in [-0.25, -0.2) is 0 Å². The van der Waals surface area contributed by atoms with E-state index in [-0.39, 0.29) is 0 Å². The minimum atomic E-state index is 0.593. The Morgan fingerprint density at radius 2 is 1.24 bits per heavy atom. The molecule has 0 saturated heterocycles. The van der Waals surface area contributed by atoms with Gasteiger partial charge in [-0.3, -0.25) is 0 Å². The second kappa shape index (κ2) is 24.1. The number of rotatable bonds is 17. The molecule has 0 N–H and O–H groups in total. The van der Waals surface area contributed by atoms with Crippen molar-refractivity contribution in [2.45, 2.75) is 79.1 Å². The lowest BCUT2D eigenvalue weighted by atomic mass is 10.1. The highest BCUT2D eigenvalue weighted by Crippen LogP contribution is 2.45. The highest BCUT2D eigenvalue weighted by molar-refractivity contribution is 5.04. The zero-order valence-electron chi connectivity index (χ0n) is 22.3. The Balaban J connectivity index is 0.000000755. The summed E-state index contributed by atoms with van der Waals surface area (Å²) in [5.74, 6) is 10.0. The maximum absolute atomic E-state index is 5.45. The number of hydrogen-bond acceptors (Lipinski definition) is 5. The molecule has 0 unspecified atom stereocenters. The molecule has 0 heterocycles. The van der Waals surface area contributed by atoms with Crippen molar-refractivity contribution in [1.82, 2.24) is 0 Å². The molecule has 1 fully saturated rings. The van der Waals surface area contributed by atoms with E-state index in [0.717, 1.165) is 43.5 Å². The van der Waals surface area contributed by atoms with Crippen LogP contribution >= 0.6 is 0 Å². The maximum Gasteiger partial charge on any atom is 0.0884 e. The minimum Gasteiger partial charge on any atom is -0.502 e. The second-order valence-corrected chi connectivity index (χ2v) is 8.67. The summed E-state index contributed by atoms with van der Waals surface area (Å²) in [5, 5.41) is 0. The van der Waals surface area contributed by atoms with Crippen molar-refractivity contribution in [2.75, 3.05) is 60.0 Å². The minimum absolute atomic E-state index is 0.593. The molecule has 2 atom stereocenters. The van der Waals surface area contributed by atoms with E-state index < -0.39 is 0 Å². The lowest BCUT2D eigenvalue weighted by Crippen LogP contribution is -2.12. The molecule has 5 heteroatoms. The fourth-order valence-electron chi connectivity index (χ4n) is 3.26. The molecule has 0 amide bonds. The fourth-order valence-corrected chi connectivity index (χ4v) is 3.26. The van der Waals surface area contributed by atoms with Crippen molar-refractivity contribution < 1.29 is 23.7 Å². The summed E-state index contributed by atoms with van der Waals surface area (Å²) < 4.78 is 26.7. The molecule has 0 radical (unpaired) electrons. The summed E-state index contributed by atoms with van der Waals surface area (Å²) in [7, 11) is 1.64. The zero-order chi connectivity index (χ0) is 24.6.